The van der Waals surface area contributed by atoms with Crippen molar-refractivity contribution in [2.24, 2.45) is 0 Å². The Balaban J connectivity index is 1.82. The predicted molar refractivity (Wildman–Crippen MR) is 78.2 cm³/mol. The molecule has 1 N–H and O–H groups in total. The number of nitrogens with zero attached hydrogens (tertiary/aromatic N) is 3. The van der Waals surface area contributed by atoms with Gasteiger partial charge in [-0.05, 0) is 38.0 Å². The van der Waals surface area contributed by atoms with Crippen molar-refractivity contribution in [3.63, 3.8) is 0 Å². The summed E-state index contributed by atoms with van der Waals surface area (Å²) in [7, 11) is 0. The fourth-order valence-electron chi connectivity index (χ4n) is 2.52. The van der Waals surface area contributed by atoms with Gasteiger partial charge >= 0.3 is 0 Å². The van der Waals surface area contributed by atoms with Crippen LogP contribution in [0.3, 0.4) is 0 Å². The Morgan fingerprint density at radius 3 is 2.76 bits per heavy atom. The molecule has 0 atom stereocenters. The molecule has 2 aromatic rings. The zero-order valence-corrected chi connectivity index (χ0v) is 12.0. The van der Waals surface area contributed by atoms with Crippen LogP contribution >= 0.6 is 0 Å². The molecule has 6 heteroatoms. The molecule has 110 valence electrons. The van der Waals surface area contributed by atoms with Crippen LogP contribution in [0.2, 0.25) is 0 Å². The molecule has 1 aliphatic heterocycles. The zero-order valence-electron chi connectivity index (χ0n) is 12.0. The highest BCUT2D eigenvalue weighted by Gasteiger charge is 2.23. The Morgan fingerprint density at radius 1 is 1.33 bits per heavy atom. The molecule has 0 bridgehead atoms. The van der Waals surface area contributed by atoms with E-state index in [1.165, 1.54) is 0 Å². The number of pyridine rings is 1. The molecule has 3 rings (SSSR count). The van der Waals surface area contributed by atoms with E-state index in [0.717, 1.165) is 37.4 Å². The molecule has 0 saturated carbocycles. The monoisotopic (exact) mass is 286 g/mol. The molecule has 3 heterocycles. The van der Waals surface area contributed by atoms with Gasteiger partial charge in [-0.25, -0.2) is 0 Å². The van der Waals surface area contributed by atoms with Crippen molar-refractivity contribution < 1.29 is 9.53 Å². The number of rotatable bonds is 3. The number of aryl methyl sites for hydroxylation is 1. The van der Waals surface area contributed by atoms with Gasteiger partial charge in [-0.1, -0.05) is 0 Å². The van der Waals surface area contributed by atoms with Gasteiger partial charge < -0.3 is 10.1 Å². The number of ether oxygens (including phenoxy) is 1. The number of anilines is 1. The largest absolute Gasteiger partial charge is 0.381 e. The Kier molecular flexibility index (Phi) is 3.96. The first kappa shape index (κ1) is 13.8. The summed E-state index contributed by atoms with van der Waals surface area (Å²) in [5.41, 5.74) is 2.17. The Hall–Kier alpha value is -2.21. The second kappa shape index (κ2) is 6.05. The predicted octanol–water partition coefficient (Wildman–Crippen LogP) is 2.19. The van der Waals surface area contributed by atoms with Gasteiger partial charge in [-0.3, -0.25) is 14.5 Å². The second-order valence-electron chi connectivity index (χ2n) is 5.15. The quantitative estimate of drug-likeness (QED) is 0.939. The van der Waals surface area contributed by atoms with Gasteiger partial charge in [0.2, 0.25) is 0 Å². The highest BCUT2D eigenvalue weighted by molar-refractivity contribution is 6.03. The fraction of sp³-hybridized carbons (Fsp3) is 0.400. The van der Waals surface area contributed by atoms with Gasteiger partial charge in [0.25, 0.3) is 5.91 Å². The molecule has 0 aliphatic carbocycles. The van der Waals surface area contributed by atoms with E-state index in [9.17, 15) is 4.79 Å². The van der Waals surface area contributed by atoms with Crippen molar-refractivity contribution in [2.75, 3.05) is 18.5 Å². The summed E-state index contributed by atoms with van der Waals surface area (Å²) in [6, 6.07) is 5.58. The Labute approximate surface area is 123 Å². The lowest BCUT2D eigenvalue weighted by atomic mass is 10.1. The minimum absolute atomic E-state index is 0.145. The van der Waals surface area contributed by atoms with Gasteiger partial charge in [0.15, 0.2) is 0 Å². The standard InChI is InChI=1S/C15H18N4O2/c1-11-10-14(15(20)17-12-2-6-16-7-3-12)19(18-11)13-4-8-21-9-5-13/h2-3,6-7,10,13H,4-5,8-9H2,1H3,(H,16,17,20). The van der Waals surface area contributed by atoms with Crippen molar-refractivity contribution in [2.45, 2.75) is 25.8 Å². The molecule has 1 saturated heterocycles. The van der Waals surface area contributed by atoms with E-state index in [2.05, 4.69) is 15.4 Å². The van der Waals surface area contributed by atoms with Gasteiger partial charge in [0.1, 0.15) is 5.69 Å². The molecule has 0 unspecified atom stereocenters. The third-order valence-electron chi connectivity index (χ3n) is 3.57. The topological polar surface area (TPSA) is 69.0 Å². The van der Waals surface area contributed by atoms with E-state index in [0.29, 0.717) is 5.69 Å². The van der Waals surface area contributed by atoms with Crippen LogP contribution < -0.4 is 5.32 Å². The lowest BCUT2D eigenvalue weighted by Crippen LogP contribution is -2.25. The SMILES string of the molecule is Cc1cc(C(=O)Nc2ccncc2)n(C2CCOCC2)n1. The normalized spacial score (nSPS) is 15.9. The van der Waals surface area contributed by atoms with Gasteiger partial charge in [-0.2, -0.15) is 5.10 Å². The number of amides is 1. The van der Waals surface area contributed by atoms with Crippen molar-refractivity contribution >= 4 is 11.6 Å². The van der Waals surface area contributed by atoms with E-state index >= 15 is 0 Å². The molecule has 0 aromatic carbocycles. The summed E-state index contributed by atoms with van der Waals surface area (Å²) in [5, 5.41) is 7.36. The van der Waals surface area contributed by atoms with E-state index in [1.54, 1.807) is 24.5 Å². The summed E-state index contributed by atoms with van der Waals surface area (Å²) in [4.78, 5) is 16.4. The molecule has 1 amide bonds. The third-order valence-corrected chi connectivity index (χ3v) is 3.57. The van der Waals surface area contributed by atoms with E-state index in [4.69, 9.17) is 4.74 Å². The van der Waals surface area contributed by atoms with Gasteiger partial charge in [0, 0.05) is 31.3 Å². The number of hydrogen-bond donors (Lipinski definition) is 1. The molecular weight excluding hydrogens is 268 g/mol. The lowest BCUT2D eigenvalue weighted by molar-refractivity contribution is 0.0646. The number of aromatic nitrogens is 3. The lowest BCUT2D eigenvalue weighted by Gasteiger charge is -2.24. The number of hydrogen-bond acceptors (Lipinski definition) is 4. The van der Waals surface area contributed by atoms with Crippen LogP contribution in [-0.4, -0.2) is 33.9 Å². The molecule has 6 nitrogen and oxygen atoms in total. The van der Waals surface area contributed by atoms with E-state index in [1.807, 2.05) is 17.7 Å². The average molecular weight is 286 g/mol. The third kappa shape index (κ3) is 3.11. The van der Waals surface area contributed by atoms with Crippen LogP contribution in [0.4, 0.5) is 5.69 Å². The molecule has 2 aromatic heterocycles. The van der Waals surface area contributed by atoms with E-state index < -0.39 is 0 Å². The minimum atomic E-state index is -0.145. The first-order valence-corrected chi connectivity index (χ1v) is 7.09. The summed E-state index contributed by atoms with van der Waals surface area (Å²) in [6.45, 7) is 3.34. The smallest absolute Gasteiger partial charge is 0.273 e. The molecule has 1 aliphatic rings. The Bertz CT molecular complexity index is 618. The Morgan fingerprint density at radius 2 is 2.05 bits per heavy atom. The maximum atomic E-state index is 12.5. The molecule has 1 fully saturated rings. The van der Waals surface area contributed by atoms with Crippen molar-refractivity contribution in [1.82, 2.24) is 14.8 Å². The van der Waals surface area contributed by atoms with Crippen LogP contribution in [0.1, 0.15) is 35.1 Å². The second-order valence-corrected chi connectivity index (χ2v) is 5.15. The van der Waals surface area contributed by atoms with Crippen LogP contribution in [0.5, 0.6) is 0 Å². The number of nitrogens with one attached hydrogen (secondary N) is 1. The maximum absolute atomic E-state index is 12.5. The average Bonchev–Trinajstić information content (AvgIpc) is 2.91. The molecular formula is C15H18N4O2. The number of carbonyl (C=O) groups is 1. The summed E-state index contributed by atoms with van der Waals surface area (Å²) < 4.78 is 7.22. The summed E-state index contributed by atoms with van der Waals surface area (Å²) in [5.74, 6) is -0.145. The van der Waals surface area contributed by atoms with Gasteiger partial charge in [0.05, 0.1) is 11.7 Å². The fourth-order valence-corrected chi connectivity index (χ4v) is 2.52. The summed E-state index contributed by atoms with van der Waals surface area (Å²) >= 11 is 0. The van der Waals surface area contributed by atoms with Crippen LogP contribution in [-0.2, 0) is 4.74 Å². The van der Waals surface area contributed by atoms with Crippen LogP contribution in [0, 0.1) is 6.92 Å². The summed E-state index contributed by atoms with van der Waals surface area (Å²) in [6.07, 6.45) is 5.07. The van der Waals surface area contributed by atoms with Crippen molar-refractivity contribution in [3.05, 3.63) is 42.0 Å². The van der Waals surface area contributed by atoms with Crippen molar-refractivity contribution in [1.29, 1.82) is 0 Å². The van der Waals surface area contributed by atoms with Gasteiger partial charge in [-0.15, -0.1) is 0 Å². The number of carbonyl (C=O) groups excluding carboxylic acids is 1. The zero-order chi connectivity index (χ0) is 14.7. The highest BCUT2D eigenvalue weighted by Crippen LogP contribution is 2.23. The highest BCUT2D eigenvalue weighted by atomic mass is 16.5. The maximum Gasteiger partial charge on any atom is 0.273 e. The van der Waals surface area contributed by atoms with Crippen LogP contribution in [0.15, 0.2) is 30.6 Å². The minimum Gasteiger partial charge on any atom is -0.381 e. The first-order chi connectivity index (χ1) is 10.2. The molecule has 0 radical (unpaired) electrons. The van der Waals surface area contributed by atoms with E-state index in [-0.39, 0.29) is 11.9 Å². The first-order valence-electron chi connectivity index (χ1n) is 7.09. The van der Waals surface area contributed by atoms with Crippen LogP contribution in [0.25, 0.3) is 0 Å². The molecule has 0 spiro atoms. The van der Waals surface area contributed by atoms with Crippen molar-refractivity contribution in [3.8, 4) is 0 Å². The molecule has 21 heavy (non-hydrogen) atoms.